The van der Waals surface area contributed by atoms with Crippen LogP contribution in [0.4, 0.5) is 0 Å². The highest BCUT2D eigenvalue weighted by Gasteiger charge is 2.13. The number of carbonyl (C=O) groups excluding carboxylic acids is 2. The molecule has 0 radical (unpaired) electrons. The van der Waals surface area contributed by atoms with Crippen LogP contribution in [0.25, 0.3) is 0 Å². The summed E-state index contributed by atoms with van der Waals surface area (Å²) in [7, 11) is 0. The van der Waals surface area contributed by atoms with Gasteiger partial charge in [-0.1, -0.05) is 32.9 Å². The predicted octanol–water partition coefficient (Wildman–Crippen LogP) is 2.40. The number of rotatable bonds is 4. The van der Waals surface area contributed by atoms with E-state index in [9.17, 15) is 14.7 Å². The number of carbonyl (C=O) groups is 2. The van der Waals surface area contributed by atoms with Gasteiger partial charge in [0.15, 0.2) is 11.7 Å². The minimum atomic E-state index is -0.466. The average molecular weight is 401 g/mol. The molecule has 0 atom stereocenters. The Balaban J connectivity index is 1.74. The Kier molecular flexibility index (Phi) is 6.94. The van der Waals surface area contributed by atoms with E-state index in [4.69, 9.17) is 17.0 Å². The Labute approximate surface area is 169 Å². The lowest BCUT2D eigenvalue weighted by Gasteiger charge is -2.19. The van der Waals surface area contributed by atoms with E-state index in [1.54, 1.807) is 0 Å². The van der Waals surface area contributed by atoms with Gasteiger partial charge in [-0.15, -0.1) is 0 Å². The normalized spacial score (nSPS) is 10.7. The second kappa shape index (κ2) is 9.18. The van der Waals surface area contributed by atoms with E-state index in [2.05, 4.69) is 36.9 Å². The summed E-state index contributed by atoms with van der Waals surface area (Å²) in [6, 6.07) is 13.2. The summed E-state index contributed by atoms with van der Waals surface area (Å²) in [5.74, 6) is -0.300. The SMILES string of the molecule is CC(C)(C)c1ccc(OCC(=O)NC(=S)NNC(=O)c2ccc(O)cc2)cc1. The largest absolute Gasteiger partial charge is 0.508 e. The molecule has 0 unspecified atom stereocenters. The summed E-state index contributed by atoms with van der Waals surface area (Å²) in [4.78, 5) is 23.8. The number of hydrogen-bond acceptors (Lipinski definition) is 5. The second-order valence-corrected chi connectivity index (χ2v) is 7.47. The quantitative estimate of drug-likeness (QED) is 0.464. The summed E-state index contributed by atoms with van der Waals surface area (Å²) in [5, 5.41) is 11.5. The maximum Gasteiger partial charge on any atom is 0.269 e. The maximum absolute atomic E-state index is 11.9. The number of hydrogen-bond donors (Lipinski definition) is 4. The molecule has 2 amide bonds. The van der Waals surface area contributed by atoms with E-state index in [1.807, 2.05) is 24.3 Å². The summed E-state index contributed by atoms with van der Waals surface area (Å²) in [5.41, 5.74) is 6.31. The summed E-state index contributed by atoms with van der Waals surface area (Å²) < 4.78 is 5.43. The van der Waals surface area contributed by atoms with Crippen LogP contribution in [0.1, 0.15) is 36.7 Å². The van der Waals surface area contributed by atoms with Gasteiger partial charge in [-0.3, -0.25) is 25.8 Å². The van der Waals surface area contributed by atoms with Crippen molar-refractivity contribution in [3.05, 3.63) is 59.7 Å². The standard InChI is InChI=1S/C20H23N3O4S/c1-20(2,3)14-6-10-16(11-7-14)27-12-17(25)21-19(28)23-22-18(26)13-4-8-15(24)9-5-13/h4-11,24H,12H2,1-3H3,(H,22,26)(H2,21,23,25,28). The first-order chi connectivity index (χ1) is 13.1. The molecule has 7 nitrogen and oxygen atoms in total. The van der Waals surface area contributed by atoms with E-state index >= 15 is 0 Å². The van der Waals surface area contributed by atoms with Gasteiger partial charge in [-0.2, -0.15) is 0 Å². The van der Waals surface area contributed by atoms with Crippen molar-refractivity contribution in [1.82, 2.24) is 16.2 Å². The summed E-state index contributed by atoms with van der Waals surface area (Å²) >= 11 is 4.95. The topological polar surface area (TPSA) is 99.7 Å². The third kappa shape index (κ3) is 6.55. The molecule has 8 heteroatoms. The number of amides is 2. The van der Waals surface area contributed by atoms with Gasteiger partial charge in [-0.25, -0.2) is 0 Å². The Morgan fingerprint density at radius 1 is 1.00 bits per heavy atom. The molecule has 0 fully saturated rings. The van der Waals surface area contributed by atoms with Gasteiger partial charge in [0.1, 0.15) is 11.5 Å². The van der Waals surface area contributed by atoms with E-state index < -0.39 is 11.8 Å². The van der Waals surface area contributed by atoms with Crippen LogP contribution in [-0.2, 0) is 10.2 Å². The number of aromatic hydroxyl groups is 1. The first-order valence-electron chi connectivity index (χ1n) is 8.58. The van der Waals surface area contributed by atoms with Crippen LogP contribution >= 0.6 is 12.2 Å². The smallest absolute Gasteiger partial charge is 0.269 e. The molecule has 2 rings (SSSR count). The van der Waals surface area contributed by atoms with Crippen LogP contribution in [0.5, 0.6) is 11.5 Å². The number of phenolic OH excluding ortho intramolecular Hbond substituents is 1. The van der Waals surface area contributed by atoms with Crippen molar-refractivity contribution >= 4 is 29.1 Å². The maximum atomic E-state index is 11.9. The molecule has 0 aromatic heterocycles. The molecular formula is C20H23N3O4S. The van der Waals surface area contributed by atoms with Gasteiger partial charge in [0.25, 0.3) is 11.8 Å². The lowest BCUT2D eigenvalue weighted by molar-refractivity contribution is -0.121. The molecule has 4 N–H and O–H groups in total. The fourth-order valence-electron chi connectivity index (χ4n) is 2.19. The monoisotopic (exact) mass is 401 g/mol. The first kappa shape index (κ1) is 21.2. The Morgan fingerprint density at radius 3 is 2.18 bits per heavy atom. The number of hydrazine groups is 1. The minimum absolute atomic E-state index is 0.0400. The Hall–Kier alpha value is -3.13. The highest BCUT2D eigenvalue weighted by atomic mass is 32.1. The minimum Gasteiger partial charge on any atom is -0.508 e. The molecule has 0 saturated carbocycles. The van der Waals surface area contributed by atoms with Crippen LogP contribution < -0.4 is 20.9 Å². The number of ether oxygens (including phenoxy) is 1. The van der Waals surface area contributed by atoms with Crippen LogP contribution in [0.3, 0.4) is 0 Å². The van der Waals surface area contributed by atoms with Crippen molar-refractivity contribution in [3.63, 3.8) is 0 Å². The van der Waals surface area contributed by atoms with Crippen molar-refractivity contribution in [2.45, 2.75) is 26.2 Å². The molecule has 0 heterocycles. The fraction of sp³-hybridized carbons (Fsp3) is 0.250. The Bertz CT molecular complexity index is 843. The lowest BCUT2D eigenvalue weighted by Crippen LogP contribution is -2.49. The zero-order chi connectivity index (χ0) is 20.7. The zero-order valence-electron chi connectivity index (χ0n) is 15.9. The highest BCUT2D eigenvalue weighted by Crippen LogP contribution is 2.24. The van der Waals surface area contributed by atoms with Gasteiger partial charge >= 0.3 is 0 Å². The van der Waals surface area contributed by atoms with Crippen LogP contribution in [-0.4, -0.2) is 28.6 Å². The zero-order valence-corrected chi connectivity index (χ0v) is 16.7. The molecule has 2 aromatic carbocycles. The van der Waals surface area contributed by atoms with Crippen molar-refractivity contribution in [2.24, 2.45) is 0 Å². The van der Waals surface area contributed by atoms with Crippen LogP contribution in [0.15, 0.2) is 48.5 Å². The molecule has 148 valence electrons. The Morgan fingerprint density at radius 2 is 1.61 bits per heavy atom. The predicted molar refractivity (Wildman–Crippen MR) is 110 cm³/mol. The molecule has 0 aliphatic heterocycles. The van der Waals surface area contributed by atoms with Crippen molar-refractivity contribution in [2.75, 3.05) is 6.61 Å². The molecule has 0 aliphatic carbocycles. The molecule has 0 aliphatic rings. The van der Waals surface area contributed by atoms with Gasteiger partial charge in [0.2, 0.25) is 0 Å². The number of nitrogens with one attached hydrogen (secondary N) is 3. The van der Waals surface area contributed by atoms with Crippen molar-refractivity contribution < 1.29 is 19.4 Å². The van der Waals surface area contributed by atoms with Crippen molar-refractivity contribution in [1.29, 1.82) is 0 Å². The molecule has 0 bridgehead atoms. The average Bonchev–Trinajstić information content (AvgIpc) is 2.64. The summed E-state index contributed by atoms with van der Waals surface area (Å²) in [6.45, 7) is 6.13. The number of phenols is 1. The third-order valence-corrected chi connectivity index (χ3v) is 3.97. The molecule has 0 saturated heterocycles. The third-order valence-electron chi connectivity index (χ3n) is 3.76. The lowest BCUT2D eigenvalue weighted by atomic mass is 9.87. The van der Waals surface area contributed by atoms with Gasteiger partial charge in [0, 0.05) is 5.56 Å². The number of thiocarbonyl (C=S) groups is 1. The first-order valence-corrected chi connectivity index (χ1v) is 8.98. The van der Waals surface area contributed by atoms with Gasteiger partial charge in [0.05, 0.1) is 0 Å². The second-order valence-electron chi connectivity index (χ2n) is 7.07. The van der Waals surface area contributed by atoms with E-state index in [0.717, 1.165) is 0 Å². The van der Waals surface area contributed by atoms with E-state index in [0.29, 0.717) is 11.3 Å². The van der Waals surface area contributed by atoms with Crippen LogP contribution in [0.2, 0.25) is 0 Å². The molecule has 2 aromatic rings. The molecule has 0 spiro atoms. The molecule has 28 heavy (non-hydrogen) atoms. The van der Waals surface area contributed by atoms with Crippen molar-refractivity contribution in [3.8, 4) is 11.5 Å². The number of benzene rings is 2. The van der Waals surface area contributed by atoms with Crippen LogP contribution in [0, 0.1) is 0 Å². The highest BCUT2D eigenvalue weighted by molar-refractivity contribution is 7.80. The summed E-state index contributed by atoms with van der Waals surface area (Å²) in [6.07, 6.45) is 0. The van der Waals surface area contributed by atoms with E-state index in [1.165, 1.54) is 29.8 Å². The molecular weight excluding hydrogens is 378 g/mol. The van der Waals surface area contributed by atoms with E-state index in [-0.39, 0.29) is 22.9 Å². The fourth-order valence-corrected chi connectivity index (χ4v) is 2.36. The van der Waals surface area contributed by atoms with Gasteiger partial charge in [-0.05, 0) is 59.6 Å². The van der Waals surface area contributed by atoms with Gasteiger partial charge < -0.3 is 9.84 Å².